The first-order valence-corrected chi connectivity index (χ1v) is 7.93. The number of piperidine rings is 1. The van der Waals surface area contributed by atoms with E-state index < -0.39 is 10.0 Å². The van der Waals surface area contributed by atoms with Gasteiger partial charge in [-0.25, -0.2) is 13.1 Å². The average Bonchev–Trinajstić information content (AvgIpc) is 3.02. The molecule has 2 atom stereocenters. The first-order valence-electron chi connectivity index (χ1n) is 6.27. The molecule has 0 spiro atoms. The van der Waals surface area contributed by atoms with Crippen molar-refractivity contribution in [3.05, 3.63) is 0 Å². The second-order valence-corrected chi connectivity index (χ2v) is 7.12. The van der Waals surface area contributed by atoms with Gasteiger partial charge in [0.2, 0.25) is 10.0 Å². The molecule has 1 saturated heterocycles. The highest BCUT2D eigenvalue weighted by atomic mass is 32.2. The average molecular weight is 246 g/mol. The van der Waals surface area contributed by atoms with Crippen molar-refractivity contribution in [3.8, 4) is 0 Å². The van der Waals surface area contributed by atoms with Crippen molar-refractivity contribution in [1.82, 2.24) is 10.0 Å². The van der Waals surface area contributed by atoms with Gasteiger partial charge in [0, 0.05) is 6.04 Å². The summed E-state index contributed by atoms with van der Waals surface area (Å²) in [6.07, 6.45) is 4.19. The molecular formula is C11H22N2O2S. The van der Waals surface area contributed by atoms with Crippen LogP contribution in [0.1, 0.15) is 32.6 Å². The highest BCUT2D eigenvalue weighted by Gasteiger charge is 2.28. The molecule has 5 heteroatoms. The van der Waals surface area contributed by atoms with Crippen molar-refractivity contribution in [3.63, 3.8) is 0 Å². The summed E-state index contributed by atoms with van der Waals surface area (Å²) >= 11 is 0. The van der Waals surface area contributed by atoms with Crippen LogP contribution in [0.4, 0.5) is 0 Å². The molecule has 2 fully saturated rings. The van der Waals surface area contributed by atoms with Gasteiger partial charge >= 0.3 is 0 Å². The maximum Gasteiger partial charge on any atom is 0.211 e. The topological polar surface area (TPSA) is 58.2 Å². The molecule has 0 amide bonds. The van der Waals surface area contributed by atoms with Gasteiger partial charge in [-0.2, -0.15) is 0 Å². The third-order valence-corrected chi connectivity index (χ3v) is 5.04. The van der Waals surface area contributed by atoms with Crippen molar-refractivity contribution in [2.75, 3.05) is 18.8 Å². The molecule has 2 aliphatic rings. The Morgan fingerprint density at radius 3 is 2.69 bits per heavy atom. The predicted molar refractivity (Wildman–Crippen MR) is 64.7 cm³/mol. The smallest absolute Gasteiger partial charge is 0.211 e. The molecule has 4 nitrogen and oxygen atoms in total. The minimum atomic E-state index is -3.05. The molecule has 1 heterocycles. The summed E-state index contributed by atoms with van der Waals surface area (Å²) in [6, 6.07) is 0.130. The number of hydrogen-bond donors (Lipinski definition) is 2. The third-order valence-electron chi connectivity index (χ3n) is 3.61. The van der Waals surface area contributed by atoms with Gasteiger partial charge in [0.15, 0.2) is 0 Å². The fraction of sp³-hybridized carbons (Fsp3) is 1.00. The molecule has 2 N–H and O–H groups in total. The molecule has 1 aliphatic carbocycles. The summed E-state index contributed by atoms with van der Waals surface area (Å²) in [5.41, 5.74) is 0. The molecule has 0 bridgehead atoms. The van der Waals surface area contributed by atoms with Crippen LogP contribution in [0.2, 0.25) is 0 Å². The zero-order chi connectivity index (χ0) is 11.6. The van der Waals surface area contributed by atoms with E-state index in [9.17, 15) is 8.42 Å². The lowest BCUT2D eigenvalue weighted by molar-refractivity contribution is 0.328. The number of nitrogens with one attached hydrogen (secondary N) is 2. The Morgan fingerprint density at radius 1 is 1.31 bits per heavy atom. The molecule has 0 aromatic rings. The molecule has 2 rings (SSSR count). The second kappa shape index (κ2) is 5.02. The van der Waals surface area contributed by atoms with E-state index in [1.165, 1.54) is 12.8 Å². The van der Waals surface area contributed by atoms with Crippen molar-refractivity contribution < 1.29 is 8.42 Å². The van der Waals surface area contributed by atoms with Crippen LogP contribution in [0.5, 0.6) is 0 Å². The van der Waals surface area contributed by atoms with E-state index in [0.29, 0.717) is 17.6 Å². The summed E-state index contributed by atoms with van der Waals surface area (Å²) in [5.74, 6) is 1.39. The molecule has 2 unspecified atom stereocenters. The highest BCUT2D eigenvalue weighted by Crippen LogP contribution is 2.32. The fourth-order valence-corrected chi connectivity index (χ4v) is 3.78. The predicted octanol–water partition coefficient (Wildman–Crippen LogP) is 0.704. The number of sulfonamides is 1. The zero-order valence-corrected chi connectivity index (χ0v) is 10.7. The van der Waals surface area contributed by atoms with Crippen molar-refractivity contribution in [2.24, 2.45) is 11.8 Å². The minimum absolute atomic E-state index is 0.130. The largest absolute Gasteiger partial charge is 0.316 e. The van der Waals surface area contributed by atoms with Gasteiger partial charge in [-0.05, 0) is 37.8 Å². The van der Waals surface area contributed by atoms with E-state index in [0.717, 1.165) is 25.9 Å². The summed E-state index contributed by atoms with van der Waals surface area (Å²) in [6.45, 7) is 3.93. The van der Waals surface area contributed by atoms with E-state index in [1.807, 2.05) is 0 Å². The van der Waals surface area contributed by atoms with Gasteiger partial charge in [0.25, 0.3) is 0 Å². The summed E-state index contributed by atoms with van der Waals surface area (Å²) in [5, 5.41) is 3.28. The molecule has 94 valence electrons. The standard InChI is InChI=1S/C11H22N2O2S/c1-9-8-12-6-4-11(9)13-16(14,15)7-5-10-2-3-10/h9-13H,2-8H2,1H3. The molecule has 1 aliphatic heterocycles. The normalized spacial score (nSPS) is 31.6. The lowest BCUT2D eigenvalue weighted by Gasteiger charge is -2.29. The van der Waals surface area contributed by atoms with Crippen molar-refractivity contribution in [1.29, 1.82) is 0 Å². The Hall–Kier alpha value is -0.130. The Balaban J connectivity index is 1.80. The van der Waals surface area contributed by atoms with Crippen LogP contribution in [0.25, 0.3) is 0 Å². The second-order valence-electron chi connectivity index (χ2n) is 5.25. The monoisotopic (exact) mass is 246 g/mol. The Kier molecular flexibility index (Phi) is 3.87. The summed E-state index contributed by atoms with van der Waals surface area (Å²) in [4.78, 5) is 0. The third kappa shape index (κ3) is 3.71. The maximum absolute atomic E-state index is 11.8. The lowest BCUT2D eigenvalue weighted by atomic mass is 9.97. The van der Waals surface area contributed by atoms with E-state index in [1.54, 1.807) is 0 Å². The van der Waals surface area contributed by atoms with Crippen LogP contribution >= 0.6 is 0 Å². The molecule has 0 radical (unpaired) electrons. The van der Waals surface area contributed by atoms with E-state index >= 15 is 0 Å². The van der Waals surface area contributed by atoms with Crippen molar-refractivity contribution in [2.45, 2.75) is 38.6 Å². The van der Waals surface area contributed by atoms with Crippen LogP contribution in [-0.2, 0) is 10.0 Å². The highest BCUT2D eigenvalue weighted by molar-refractivity contribution is 7.89. The van der Waals surface area contributed by atoms with Crippen LogP contribution in [0.15, 0.2) is 0 Å². The van der Waals surface area contributed by atoms with Crippen LogP contribution in [0.3, 0.4) is 0 Å². The van der Waals surface area contributed by atoms with Gasteiger partial charge in [-0.3, -0.25) is 0 Å². The quantitative estimate of drug-likeness (QED) is 0.751. The molecular weight excluding hydrogens is 224 g/mol. The van der Waals surface area contributed by atoms with Gasteiger partial charge < -0.3 is 5.32 Å². The fourth-order valence-electron chi connectivity index (χ4n) is 2.21. The van der Waals surface area contributed by atoms with Gasteiger partial charge in [0.1, 0.15) is 0 Å². The van der Waals surface area contributed by atoms with E-state index in [4.69, 9.17) is 0 Å². The van der Waals surface area contributed by atoms with Gasteiger partial charge in [0.05, 0.1) is 5.75 Å². The van der Waals surface area contributed by atoms with E-state index in [2.05, 4.69) is 17.0 Å². The zero-order valence-electron chi connectivity index (χ0n) is 9.91. The first kappa shape index (κ1) is 12.3. The van der Waals surface area contributed by atoms with Gasteiger partial charge in [-0.15, -0.1) is 0 Å². The minimum Gasteiger partial charge on any atom is -0.316 e. The Morgan fingerprint density at radius 2 is 2.06 bits per heavy atom. The van der Waals surface area contributed by atoms with Crippen LogP contribution in [-0.4, -0.2) is 33.3 Å². The van der Waals surface area contributed by atoms with Gasteiger partial charge in [-0.1, -0.05) is 19.8 Å². The van der Waals surface area contributed by atoms with Crippen molar-refractivity contribution >= 4 is 10.0 Å². The Bertz CT molecular complexity index is 325. The lowest BCUT2D eigenvalue weighted by Crippen LogP contribution is -2.48. The molecule has 1 saturated carbocycles. The molecule has 0 aromatic heterocycles. The summed E-state index contributed by atoms with van der Waals surface area (Å²) in [7, 11) is -3.05. The van der Waals surface area contributed by atoms with Crippen LogP contribution < -0.4 is 10.0 Å². The SMILES string of the molecule is CC1CNCCC1NS(=O)(=O)CCC1CC1. The maximum atomic E-state index is 11.8. The Labute approximate surface area is 98.2 Å². The summed E-state index contributed by atoms with van der Waals surface area (Å²) < 4.78 is 26.6. The van der Waals surface area contributed by atoms with E-state index in [-0.39, 0.29) is 6.04 Å². The van der Waals surface area contributed by atoms with Crippen LogP contribution in [0, 0.1) is 11.8 Å². The number of hydrogen-bond acceptors (Lipinski definition) is 3. The first-order chi connectivity index (χ1) is 7.57. The molecule has 16 heavy (non-hydrogen) atoms. The number of rotatable bonds is 5. The molecule has 0 aromatic carbocycles.